The third-order valence-corrected chi connectivity index (χ3v) is 7.00. The average Bonchev–Trinajstić information content (AvgIpc) is 3.37. The van der Waals surface area contributed by atoms with Crippen LogP contribution in [0.2, 0.25) is 0 Å². The van der Waals surface area contributed by atoms with Crippen LogP contribution in [-0.4, -0.2) is 31.2 Å². The summed E-state index contributed by atoms with van der Waals surface area (Å²) in [6, 6.07) is 12.3. The molecule has 9 heteroatoms. The number of halogens is 1. The first-order valence-corrected chi connectivity index (χ1v) is 11.9. The second-order valence-electron chi connectivity index (χ2n) is 7.87. The molecule has 1 atom stereocenters. The lowest BCUT2D eigenvalue weighted by molar-refractivity contribution is -0.113. The molecule has 172 valence electrons. The van der Waals surface area contributed by atoms with Gasteiger partial charge in [0, 0.05) is 17.5 Å². The van der Waals surface area contributed by atoms with Gasteiger partial charge in [-0.25, -0.2) is 13.8 Å². The minimum absolute atomic E-state index is 0.0774. The summed E-state index contributed by atoms with van der Waals surface area (Å²) >= 11 is 1.53. The smallest absolute Gasteiger partial charge is 0.235 e. The minimum atomic E-state index is -0.292. The van der Waals surface area contributed by atoms with Gasteiger partial charge in [0.1, 0.15) is 17.3 Å². The van der Waals surface area contributed by atoms with Gasteiger partial charge in [-0.05, 0) is 55.0 Å². The third-order valence-electron chi connectivity index (χ3n) is 5.73. The van der Waals surface area contributed by atoms with Crippen LogP contribution in [0.25, 0.3) is 22.3 Å². The number of hydrogen-bond acceptors (Lipinski definition) is 5. The van der Waals surface area contributed by atoms with Crippen molar-refractivity contribution >= 4 is 40.1 Å². The molecule has 1 aliphatic rings. The molecule has 0 bridgehead atoms. The Morgan fingerprint density at radius 3 is 2.85 bits per heavy atom. The Morgan fingerprint density at radius 1 is 1.32 bits per heavy atom. The van der Waals surface area contributed by atoms with Crippen LogP contribution in [0, 0.1) is 5.82 Å². The fourth-order valence-corrected chi connectivity index (χ4v) is 5.30. The number of hydrogen-bond donors (Lipinski definition) is 2. The Morgan fingerprint density at radius 2 is 2.12 bits per heavy atom. The van der Waals surface area contributed by atoms with Gasteiger partial charge in [0.25, 0.3) is 0 Å². The van der Waals surface area contributed by atoms with E-state index in [1.807, 2.05) is 19.1 Å². The van der Waals surface area contributed by atoms with E-state index in [-0.39, 0.29) is 17.0 Å². The van der Waals surface area contributed by atoms with Crippen molar-refractivity contribution in [3.8, 4) is 5.69 Å². The van der Waals surface area contributed by atoms with E-state index in [4.69, 9.17) is 10.8 Å². The topological polar surface area (TPSA) is 90.8 Å². The number of carbonyl (C=O) groups is 1. The Bertz CT molecular complexity index is 1440. The second-order valence-corrected chi connectivity index (χ2v) is 8.97. The molecule has 0 aliphatic carbocycles. The van der Waals surface area contributed by atoms with Gasteiger partial charge in [-0.3, -0.25) is 4.79 Å². The molecule has 7 nitrogen and oxygen atoms in total. The Labute approximate surface area is 200 Å². The van der Waals surface area contributed by atoms with Crippen molar-refractivity contribution in [2.24, 2.45) is 5.73 Å². The molecule has 2 aromatic heterocycles. The minimum Gasteiger partial charge on any atom is -0.397 e. The average molecular weight is 475 g/mol. The van der Waals surface area contributed by atoms with Crippen LogP contribution < -0.4 is 11.1 Å². The number of nitrogens with zero attached hydrogens (tertiary/aromatic N) is 4. The number of benzene rings is 2. The standard InChI is InChI=1S/C25H23FN6OS/c1-3-5-19(27)23-22-24(34-14-21(33)29-25(22)31(4-2)30-23)15-6-11-20-16(12-15)13-28-32(20)18-9-7-17(26)8-10-18/h3,5-13,24H,1,4,14,27H2,2H3,(H,29,33)/b19-5-. The number of nitrogens with two attached hydrogens (primary N) is 1. The van der Waals surface area contributed by atoms with E-state index in [0.717, 1.165) is 27.7 Å². The summed E-state index contributed by atoms with van der Waals surface area (Å²) in [6.07, 6.45) is 5.13. The fraction of sp³-hybridized carbons (Fsp3) is 0.160. The van der Waals surface area contributed by atoms with Gasteiger partial charge in [-0.2, -0.15) is 10.2 Å². The van der Waals surface area contributed by atoms with Crippen molar-refractivity contribution in [1.29, 1.82) is 0 Å². The number of nitrogens with one attached hydrogen (secondary N) is 1. The van der Waals surface area contributed by atoms with Crippen LogP contribution in [-0.2, 0) is 11.3 Å². The Hall–Kier alpha value is -3.85. The molecule has 4 aromatic rings. The molecular weight excluding hydrogens is 451 g/mol. The van der Waals surface area contributed by atoms with Crippen molar-refractivity contribution in [3.63, 3.8) is 0 Å². The summed E-state index contributed by atoms with van der Waals surface area (Å²) in [4.78, 5) is 12.5. The molecule has 2 aromatic carbocycles. The van der Waals surface area contributed by atoms with Crippen LogP contribution >= 0.6 is 11.8 Å². The predicted molar refractivity (Wildman–Crippen MR) is 134 cm³/mol. The number of anilines is 1. The van der Waals surface area contributed by atoms with E-state index in [9.17, 15) is 9.18 Å². The number of thioether (sulfide) groups is 1. The predicted octanol–water partition coefficient (Wildman–Crippen LogP) is 4.64. The highest BCUT2D eigenvalue weighted by Gasteiger charge is 2.32. The summed E-state index contributed by atoms with van der Waals surface area (Å²) in [5.74, 6) is 0.604. The molecule has 34 heavy (non-hydrogen) atoms. The highest BCUT2D eigenvalue weighted by atomic mass is 32.2. The maximum Gasteiger partial charge on any atom is 0.235 e. The molecular formula is C25H23FN6OS. The van der Waals surface area contributed by atoms with Crippen molar-refractivity contribution < 1.29 is 9.18 Å². The zero-order valence-electron chi connectivity index (χ0n) is 18.5. The van der Waals surface area contributed by atoms with Gasteiger partial charge in [-0.1, -0.05) is 18.7 Å². The van der Waals surface area contributed by atoms with Crippen molar-refractivity contribution in [1.82, 2.24) is 19.6 Å². The van der Waals surface area contributed by atoms with Gasteiger partial charge < -0.3 is 11.1 Å². The molecule has 0 fully saturated rings. The van der Waals surface area contributed by atoms with E-state index in [0.29, 0.717) is 29.5 Å². The number of carbonyl (C=O) groups excluding carboxylic acids is 1. The lowest BCUT2D eigenvalue weighted by atomic mass is 10.0. The van der Waals surface area contributed by atoms with E-state index in [1.54, 1.807) is 39.8 Å². The van der Waals surface area contributed by atoms with E-state index >= 15 is 0 Å². The van der Waals surface area contributed by atoms with Crippen molar-refractivity contribution in [2.45, 2.75) is 18.7 Å². The monoisotopic (exact) mass is 474 g/mol. The number of fused-ring (bicyclic) bond motifs is 2. The fourth-order valence-electron chi connectivity index (χ4n) is 4.18. The molecule has 3 N–H and O–H groups in total. The lowest BCUT2D eigenvalue weighted by Crippen LogP contribution is -2.16. The molecule has 1 amide bonds. The zero-order chi connectivity index (χ0) is 23.8. The number of aryl methyl sites for hydroxylation is 1. The number of rotatable bonds is 5. The third kappa shape index (κ3) is 3.77. The van der Waals surface area contributed by atoms with Gasteiger partial charge >= 0.3 is 0 Å². The maximum absolute atomic E-state index is 13.4. The van der Waals surface area contributed by atoms with Gasteiger partial charge in [-0.15, -0.1) is 11.8 Å². The van der Waals surface area contributed by atoms with Crippen LogP contribution in [0.5, 0.6) is 0 Å². The van der Waals surface area contributed by atoms with Gasteiger partial charge in [0.05, 0.1) is 34.1 Å². The first-order chi connectivity index (χ1) is 16.5. The molecule has 0 saturated carbocycles. The van der Waals surface area contributed by atoms with Crippen molar-refractivity contribution in [2.75, 3.05) is 11.1 Å². The highest BCUT2D eigenvalue weighted by molar-refractivity contribution is 8.00. The largest absolute Gasteiger partial charge is 0.397 e. The molecule has 1 unspecified atom stereocenters. The SMILES string of the molecule is C=C/C=C(\N)c1nn(CC)c2c1C(c1ccc3c(cnn3-c3ccc(F)cc3)c1)SCC(=O)N2. The summed E-state index contributed by atoms with van der Waals surface area (Å²) in [7, 11) is 0. The molecule has 0 spiro atoms. The second kappa shape index (κ2) is 8.83. The van der Waals surface area contributed by atoms with Gasteiger partial charge in [0.15, 0.2) is 0 Å². The summed E-state index contributed by atoms with van der Waals surface area (Å²) in [5, 5.41) is 13.0. The highest BCUT2D eigenvalue weighted by Crippen LogP contribution is 2.45. The number of aromatic nitrogens is 4. The quantitative estimate of drug-likeness (QED) is 0.411. The van der Waals surface area contributed by atoms with Crippen LogP contribution in [0.3, 0.4) is 0 Å². The Kier molecular flexibility index (Phi) is 5.70. The summed E-state index contributed by atoms with van der Waals surface area (Å²) in [6.45, 7) is 6.30. The van der Waals surface area contributed by atoms with E-state index in [1.165, 1.54) is 23.9 Å². The van der Waals surface area contributed by atoms with Crippen LogP contribution in [0.1, 0.15) is 29.0 Å². The van der Waals surface area contributed by atoms with E-state index < -0.39 is 0 Å². The molecule has 5 rings (SSSR count). The van der Waals surface area contributed by atoms with Crippen LogP contribution in [0.15, 0.2) is 67.4 Å². The maximum atomic E-state index is 13.4. The number of amides is 1. The normalized spacial score (nSPS) is 16.2. The summed E-state index contributed by atoms with van der Waals surface area (Å²) < 4.78 is 16.9. The first kappa shape index (κ1) is 22.0. The van der Waals surface area contributed by atoms with Crippen molar-refractivity contribution in [3.05, 3.63) is 90.0 Å². The Balaban J connectivity index is 1.64. The summed E-state index contributed by atoms with van der Waals surface area (Å²) in [5.41, 5.74) is 11.0. The zero-order valence-corrected chi connectivity index (χ0v) is 19.3. The molecule has 0 radical (unpaired) electrons. The molecule has 3 heterocycles. The van der Waals surface area contributed by atoms with E-state index in [2.05, 4.69) is 23.1 Å². The lowest BCUT2D eigenvalue weighted by Gasteiger charge is -2.16. The molecule has 0 saturated heterocycles. The number of allylic oxidation sites excluding steroid dienone is 2. The molecule has 1 aliphatic heterocycles. The first-order valence-electron chi connectivity index (χ1n) is 10.8. The van der Waals surface area contributed by atoms with Gasteiger partial charge in [0.2, 0.25) is 5.91 Å². The van der Waals surface area contributed by atoms with Crippen LogP contribution in [0.4, 0.5) is 10.2 Å².